The van der Waals surface area contributed by atoms with Gasteiger partial charge in [-0.05, 0) is 24.1 Å². The van der Waals surface area contributed by atoms with Crippen molar-refractivity contribution >= 4 is 17.4 Å². The minimum absolute atomic E-state index is 0.258. The molecule has 2 heterocycles. The molecule has 0 amide bonds. The van der Waals surface area contributed by atoms with E-state index in [2.05, 4.69) is 14.9 Å². The lowest BCUT2D eigenvalue weighted by Crippen LogP contribution is -2.26. The van der Waals surface area contributed by atoms with Crippen molar-refractivity contribution in [3.63, 3.8) is 0 Å². The van der Waals surface area contributed by atoms with E-state index in [1.165, 1.54) is 0 Å². The van der Waals surface area contributed by atoms with Gasteiger partial charge in [0.2, 0.25) is 5.28 Å². The van der Waals surface area contributed by atoms with Gasteiger partial charge in [-0.3, -0.25) is 0 Å². The largest absolute Gasteiger partial charge is 0.355 e. The predicted molar refractivity (Wildman–Crippen MR) is 51.8 cm³/mol. The minimum Gasteiger partial charge on any atom is -0.355 e. The standard InChI is InChI=1S/C8H11ClN4/c9-8-11-3-1-7(12-8)13-4-2-6(10)5-13/h1,3,6H,2,4-5,10H2. The van der Waals surface area contributed by atoms with E-state index >= 15 is 0 Å². The molecule has 0 aromatic carbocycles. The Balaban J connectivity index is 2.16. The van der Waals surface area contributed by atoms with Gasteiger partial charge in [-0.2, -0.15) is 0 Å². The van der Waals surface area contributed by atoms with Crippen molar-refractivity contribution in [2.75, 3.05) is 18.0 Å². The zero-order chi connectivity index (χ0) is 9.26. The van der Waals surface area contributed by atoms with E-state index < -0.39 is 0 Å². The molecule has 1 saturated heterocycles. The monoisotopic (exact) mass is 198 g/mol. The Morgan fingerprint density at radius 2 is 2.46 bits per heavy atom. The van der Waals surface area contributed by atoms with Gasteiger partial charge < -0.3 is 10.6 Å². The Labute approximate surface area is 81.7 Å². The lowest BCUT2D eigenvalue weighted by molar-refractivity contribution is 0.751. The number of hydrogen-bond acceptors (Lipinski definition) is 4. The molecule has 0 saturated carbocycles. The van der Waals surface area contributed by atoms with Crippen molar-refractivity contribution in [1.82, 2.24) is 9.97 Å². The van der Waals surface area contributed by atoms with Crippen LogP contribution < -0.4 is 10.6 Å². The molecular weight excluding hydrogens is 188 g/mol. The molecule has 1 unspecified atom stereocenters. The molecule has 0 spiro atoms. The van der Waals surface area contributed by atoms with Crippen molar-refractivity contribution < 1.29 is 0 Å². The summed E-state index contributed by atoms with van der Waals surface area (Å²) < 4.78 is 0. The van der Waals surface area contributed by atoms with Gasteiger partial charge in [-0.1, -0.05) is 0 Å². The van der Waals surface area contributed by atoms with E-state index in [1.807, 2.05) is 6.07 Å². The third-order valence-corrected chi connectivity index (χ3v) is 2.34. The van der Waals surface area contributed by atoms with Gasteiger partial charge in [0.1, 0.15) is 5.82 Å². The van der Waals surface area contributed by atoms with E-state index in [1.54, 1.807) is 6.20 Å². The van der Waals surface area contributed by atoms with Crippen LogP contribution in [0.2, 0.25) is 5.28 Å². The maximum atomic E-state index is 5.78. The summed E-state index contributed by atoms with van der Waals surface area (Å²) >= 11 is 5.68. The highest BCUT2D eigenvalue weighted by Gasteiger charge is 2.20. The summed E-state index contributed by atoms with van der Waals surface area (Å²) in [6.07, 6.45) is 2.68. The first-order valence-corrected chi connectivity index (χ1v) is 4.62. The highest BCUT2D eigenvalue weighted by molar-refractivity contribution is 6.28. The smallest absolute Gasteiger partial charge is 0.224 e. The van der Waals surface area contributed by atoms with Gasteiger partial charge in [0, 0.05) is 25.3 Å². The van der Waals surface area contributed by atoms with E-state index in [9.17, 15) is 0 Å². The van der Waals surface area contributed by atoms with Crippen LogP contribution in [0.5, 0.6) is 0 Å². The molecule has 1 aromatic heterocycles. The van der Waals surface area contributed by atoms with Crippen LogP contribution in [0.25, 0.3) is 0 Å². The number of nitrogens with zero attached hydrogens (tertiary/aromatic N) is 3. The van der Waals surface area contributed by atoms with Crippen molar-refractivity contribution in [1.29, 1.82) is 0 Å². The Morgan fingerprint density at radius 1 is 1.62 bits per heavy atom. The lowest BCUT2D eigenvalue weighted by atomic mass is 10.3. The molecule has 2 rings (SSSR count). The summed E-state index contributed by atoms with van der Waals surface area (Å²) in [4.78, 5) is 10.1. The topological polar surface area (TPSA) is 55.0 Å². The number of rotatable bonds is 1. The molecule has 0 bridgehead atoms. The molecule has 1 aliphatic rings. The number of nitrogens with two attached hydrogens (primary N) is 1. The normalized spacial score (nSPS) is 22.3. The van der Waals surface area contributed by atoms with Gasteiger partial charge in [-0.15, -0.1) is 0 Å². The van der Waals surface area contributed by atoms with Crippen LogP contribution in [0, 0.1) is 0 Å². The molecule has 13 heavy (non-hydrogen) atoms. The fourth-order valence-corrected chi connectivity index (χ4v) is 1.64. The summed E-state index contributed by atoms with van der Waals surface area (Å²) in [6, 6.07) is 2.11. The maximum Gasteiger partial charge on any atom is 0.224 e. The Bertz CT molecular complexity index is 304. The van der Waals surface area contributed by atoms with Gasteiger partial charge in [0.05, 0.1) is 0 Å². The summed E-state index contributed by atoms with van der Waals surface area (Å²) in [6.45, 7) is 1.81. The molecule has 1 fully saturated rings. The number of hydrogen-bond donors (Lipinski definition) is 1. The highest BCUT2D eigenvalue weighted by atomic mass is 35.5. The molecular formula is C8H11ClN4. The molecule has 1 atom stereocenters. The van der Waals surface area contributed by atoms with Gasteiger partial charge >= 0.3 is 0 Å². The number of aromatic nitrogens is 2. The zero-order valence-corrected chi connectivity index (χ0v) is 7.91. The van der Waals surface area contributed by atoms with Crippen LogP contribution >= 0.6 is 11.6 Å². The Morgan fingerprint density at radius 3 is 3.08 bits per heavy atom. The quantitative estimate of drug-likeness (QED) is 0.674. The minimum atomic E-state index is 0.258. The first-order valence-electron chi connectivity index (χ1n) is 4.25. The van der Waals surface area contributed by atoms with E-state index in [0.29, 0.717) is 0 Å². The molecule has 5 heteroatoms. The van der Waals surface area contributed by atoms with Crippen LogP contribution in [-0.4, -0.2) is 29.1 Å². The molecule has 70 valence electrons. The van der Waals surface area contributed by atoms with E-state index in [0.717, 1.165) is 25.3 Å². The van der Waals surface area contributed by atoms with Gasteiger partial charge in [0.25, 0.3) is 0 Å². The second-order valence-corrected chi connectivity index (χ2v) is 3.52. The van der Waals surface area contributed by atoms with Crippen molar-refractivity contribution in [2.24, 2.45) is 5.73 Å². The molecule has 4 nitrogen and oxygen atoms in total. The van der Waals surface area contributed by atoms with Gasteiger partial charge in [0.15, 0.2) is 0 Å². The van der Waals surface area contributed by atoms with Crippen molar-refractivity contribution in [2.45, 2.75) is 12.5 Å². The fourth-order valence-electron chi connectivity index (χ4n) is 1.50. The first-order chi connectivity index (χ1) is 6.25. The molecule has 1 aliphatic heterocycles. The average Bonchev–Trinajstić information content (AvgIpc) is 2.52. The Kier molecular flexibility index (Phi) is 2.33. The second-order valence-electron chi connectivity index (χ2n) is 3.18. The first kappa shape index (κ1) is 8.72. The molecule has 0 radical (unpaired) electrons. The number of halogens is 1. The third-order valence-electron chi connectivity index (χ3n) is 2.16. The third kappa shape index (κ3) is 1.89. The predicted octanol–water partition coefficient (Wildman–Crippen LogP) is 0.667. The van der Waals surface area contributed by atoms with Gasteiger partial charge in [-0.25, -0.2) is 9.97 Å². The van der Waals surface area contributed by atoms with Crippen LogP contribution in [0.15, 0.2) is 12.3 Å². The van der Waals surface area contributed by atoms with Crippen LogP contribution in [0.1, 0.15) is 6.42 Å². The summed E-state index contributed by atoms with van der Waals surface area (Å²) in [5.74, 6) is 0.868. The van der Waals surface area contributed by atoms with Crippen molar-refractivity contribution in [3.8, 4) is 0 Å². The number of anilines is 1. The Hall–Kier alpha value is -0.870. The summed E-state index contributed by atoms with van der Waals surface area (Å²) in [5, 5.41) is 0.290. The molecule has 2 N–H and O–H groups in total. The maximum absolute atomic E-state index is 5.78. The van der Waals surface area contributed by atoms with E-state index in [4.69, 9.17) is 17.3 Å². The summed E-state index contributed by atoms with van der Waals surface area (Å²) in [5.41, 5.74) is 5.78. The summed E-state index contributed by atoms with van der Waals surface area (Å²) in [7, 11) is 0. The lowest BCUT2D eigenvalue weighted by Gasteiger charge is -2.15. The zero-order valence-electron chi connectivity index (χ0n) is 7.15. The SMILES string of the molecule is NC1CCN(c2ccnc(Cl)n2)C1. The molecule has 0 aliphatic carbocycles. The highest BCUT2D eigenvalue weighted by Crippen LogP contribution is 2.17. The fraction of sp³-hybridized carbons (Fsp3) is 0.500. The van der Waals surface area contributed by atoms with Crippen LogP contribution in [-0.2, 0) is 0 Å². The van der Waals surface area contributed by atoms with E-state index in [-0.39, 0.29) is 11.3 Å². The second kappa shape index (κ2) is 3.47. The van der Waals surface area contributed by atoms with Crippen LogP contribution in [0.3, 0.4) is 0 Å². The molecule has 1 aromatic rings. The average molecular weight is 199 g/mol. The van der Waals surface area contributed by atoms with Crippen molar-refractivity contribution in [3.05, 3.63) is 17.5 Å². The van der Waals surface area contributed by atoms with Crippen LogP contribution in [0.4, 0.5) is 5.82 Å².